The molecule has 0 aliphatic rings. The van der Waals surface area contributed by atoms with Gasteiger partial charge in [0.25, 0.3) is 0 Å². The number of carbonyl (C=O) groups excluding carboxylic acids is 1. The average Bonchev–Trinajstić information content (AvgIpc) is 2.12. The molecule has 0 heterocycles. The van der Waals surface area contributed by atoms with E-state index in [0.717, 1.165) is 0 Å². The van der Waals surface area contributed by atoms with Crippen LogP contribution in [-0.4, -0.2) is 5.91 Å². The molecule has 0 aliphatic carbocycles. The van der Waals surface area contributed by atoms with Crippen LogP contribution in [0.15, 0.2) is 30.4 Å². The highest BCUT2D eigenvalue weighted by Crippen LogP contribution is 2.18. The fourth-order valence-electron chi connectivity index (χ4n) is 0.963. The fraction of sp³-hybridized carbons (Fsp3) is 0.100. The van der Waals surface area contributed by atoms with E-state index in [1.165, 1.54) is 24.3 Å². The van der Waals surface area contributed by atoms with Crippen molar-refractivity contribution in [2.24, 2.45) is 0 Å². The minimum absolute atomic E-state index is 0.285. The Labute approximate surface area is 81.4 Å². The Hall–Kier alpha value is -1.84. The molecular formula is C10H11FN2O. The highest BCUT2D eigenvalue weighted by atomic mass is 19.1. The second-order valence-electron chi connectivity index (χ2n) is 2.72. The van der Waals surface area contributed by atoms with Gasteiger partial charge in [0.2, 0.25) is 5.91 Å². The summed E-state index contributed by atoms with van der Waals surface area (Å²) in [6.07, 6.45) is 2.93. The van der Waals surface area contributed by atoms with Crippen LogP contribution in [-0.2, 0) is 4.79 Å². The molecule has 0 spiro atoms. The number of anilines is 2. The van der Waals surface area contributed by atoms with E-state index in [1.54, 1.807) is 13.0 Å². The van der Waals surface area contributed by atoms with Gasteiger partial charge in [-0.05, 0) is 31.2 Å². The lowest BCUT2D eigenvalue weighted by Gasteiger charge is -2.05. The highest BCUT2D eigenvalue weighted by molar-refractivity contribution is 6.01. The van der Waals surface area contributed by atoms with Gasteiger partial charge in [0.1, 0.15) is 5.82 Å². The number of halogens is 1. The first-order valence-corrected chi connectivity index (χ1v) is 4.12. The van der Waals surface area contributed by atoms with Crippen molar-refractivity contribution in [3.8, 4) is 0 Å². The molecule has 74 valence electrons. The maximum absolute atomic E-state index is 12.8. The van der Waals surface area contributed by atoms with Gasteiger partial charge >= 0.3 is 0 Å². The van der Waals surface area contributed by atoms with Crippen molar-refractivity contribution < 1.29 is 9.18 Å². The smallest absolute Gasteiger partial charge is 0.248 e. The van der Waals surface area contributed by atoms with E-state index in [9.17, 15) is 9.18 Å². The van der Waals surface area contributed by atoms with Gasteiger partial charge < -0.3 is 11.1 Å². The summed E-state index contributed by atoms with van der Waals surface area (Å²) in [5.41, 5.74) is 6.15. The van der Waals surface area contributed by atoms with Gasteiger partial charge in [0.05, 0.1) is 11.4 Å². The second-order valence-corrected chi connectivity index (χ2v) is 2.72. The van der Waals surface area contributed by atoms with Crippen LogP contribution in [0.5, 0.6) is 0 Å². The molecular weight excluding hydrogens is 183 g/mol. The van der Waals surface area contributed by atoms with Crippen LogP contribution in [0, 0.1) is 5.82 Å². The van der Waals surface area contributed by atoms with Gasteiger partial charge in [-0.1, -0.05) is 6.08 Å². The van der Waals surface area contributed by atoms with E-state index in [4.69, 9.17) is 5.73 Å². The summed E-state index contributed by atoms with van der Waals surface area (Å²) in [5.74, 6) is -0.764. The number of nitrogens with one attached hydrogen (secondary N) is 1. The maximum Gasteiger partial charge on any atom is 0.248 e. The molecule has 0 aliphatic heterocycles. The van der Waals surface area contributed by atoms with Crippen molar-refractivity contribution in [3.63, 3.8) is 0 Å². The van der Waals surface area contributed by atoms with Crippen LogP contribution in [0.2, 0.25) is 0 Å². The molecule has 3 N–H and O–H groups in total. The van der Waals surface area contributed by atoms with E-state index in [0.29, 0.717) is 5.69 Å². The predicted octanol–water partition coefficient (Wildman–Crippen LogP) is 1.92. The SMILES string of the molecule is C/C=C/C(=O)Nc1cc(F)ccc1N. The van der Waals surface area contributed by atoms with Crippen LogP contribution in [0.1, 0.15) is 6.92 Å². The van der Waals surface area contributed by atoms with Crippen molar-refractivity contribution in [1.82, 2.24) is 0 Å². The zero-order valence-corrected chi connectivity index (χ0v) is 7.75. The van der Waals surface area contributed by atoms with E-state index in [-0.39, 0.29) is 11.6 Å². The summed E-state index contributed by atoms with van der Waals surface area (Å²) in [4.78, 5) is 11.1. The molecule has 0 unspecified atom stereocenters. The molecule has 0 saturated carbocycles. The van der Waals surface area contributed by atoms with Crippen molar-refractivity contribution in [2.45, 2.75) is 6.92 Å². The Morgan fingerprint density at radius 1 is 1.57 bits per heavy atom. The Bertz CT molecular complexity index is 374. The summed E-state index contributed by atoms with van der Waals surface area (Å²) in [6, 6.07) is 3.82. The quantitative estimate of drug-likeness (QED) is 0.558. The maximum atomic E-state index is 12.8. The summed E-state index contributed by atoms with van der Waals surface area (Å²) in [5, 5.41) is 2.46. The first-order valence-electron chi connectivity index (χ1n) is 4.12. The molecule has 0 radical (unpaired) electrons. The minimum atomic E-state index is -0.435. The van der Waals surface area contributed by atoms with Gasteiger partial charge in [-0.15, -0.1) is 0 Å². The molecule has 0 saturated heterocycles. The summed E-state index contributed by atoms with van der Waals surface area (Å²) < 4.78 is 12.8. The number of nitrogens with two attached hydrogens (primary N) is 1. The molecule has 0 bridgehead atoms. The van der Waals surface area contributed by atoms with Crippen LogP contribution in [0.4, 0.5) is 15.8 Å². The van der Waals surface area contributed by atoms with E-state index in [2.05, 4.69) is 5.32 Å². The summed E-state index contributed by atoms with van der Waals surface area (Å²) in [6.45, 7) is 1.72. The molecule has 1 aromatic carbocycles. The number of hydrogen-bond donors (Lipinski definition) is 2. The first kappa shape index (κ1) is 10.2. The molecule has 0 atom stereocenters. The van der Waals surface area contributed by atoms with E-state index in [1.807, 2.05) is 0 Å². The van der Waals surface area contributed by atoms with Gasteiger partial charge in [0.15, 0.2) is 0 Å². The van der Waals surface area contributed by atoms with Crippen LogP contribution in [0.3, 0.4) is 0 Å². The van der Waals surface area contributed by atoms with E-state index >= 15 is 0 Å². The summed E-state index contributed by atoms with van der Waals surface area (Å²) in [7, 11) is 0. The van der Waals surface area contributed by atoms with Gasteiger partial charge in [-0.25, -0.2) is 4.39 Å². The number of benzene rings is 1. The first-order chi connectivity index (χ1) is 6.63. The number of allylic oxidation sites excluding steroid dienone is 1. The van der Waals surface area contributed by atoms with E-state index < -0.39 is 5.82 Å². The molecule has 14 heavy (non-hydrogen) atoms. The van der Waals surface area contributed by atoms with Gasteiger partial charge in [0, 0.05) is 0 Å². The number of rotatable bonds is 2. The molecule has 0 aromatic heterocycles. The molecule has 1 rings (SSSR count). The Morgan fingerprint density at radius 3 is 2.93 bits per heavy atom. The average molecular weight is 194 g/mol. The predicted molar refractivity (Wildman–Crippen MR) is 54.3 cm³/mol. The largest absolute Gasteiger partial charge is 0.397 e. The molecule has 3 nitrogen and oxygen atoms in total. The van der Waals surface area contributed by atoms with Crippen LogP contribution < -0.4 is 11.1 Å². The number of hydrogen-bond acceptors (Lipinski definition) is 2. The third kappa shape index (κ3) is 2.58. The minimum Gasteiger partial charge on any atom is -0.397 e. The van der Waals surface area contributed by atoms with Crippen molar-refractivity contribution >= 4 is 17.3 Å². The monoisotopic (exact) mass is 194 g/mol. The molecule has 1 aromatic rings. The number of amides is 1. The second kappa shape index (κ2) is 4.41. The summed E-state index contributed by atoms with van der Waals surface area (Å²) >= 11 is 0. The van der Waals surface area contributed by atoms with Crippen LogP contribution in [0.25, 0.3) is 0 Å². The Balaban J connectivity index is 2.85. The number of carbonyl (C=O) groups is 1. The normalized spacial score (nSPS) is 10.4. The van der Waals surface area contributed by atoms with Gasteiger partial charge in [-0.3, -0.25) is 4.79 Å². The van der Waals surface area contributed by atoms with Crippen LogP contribution >= 0.6 is 0 Å². The Morgan fingerprint density at radius 2 is 2.29 bits per heavy atom. The third-order valence-electron chi connectivity index (χ3n) is 1.59. The lowest BCUT2D eigenvalue weighted by Crippen LogP contribution is -2.09. The zero-order valence-electron chi connectivity index (χ0n) is 7.75. The molecule has 4 heteroatoms. The topological polar surface area (TPSA) is 55.1 Å². The van der Waals surface area contributed by atoms with Crippen molar-refractivity contribution in [3.05, 3.63) is 36.2 Å². The number of nitrogen functional groups attached to an aromatic ring is 1. The molecule has 0 fully saturated rings. The third-order valence-corrected chi connectivity index (χ3v) is 1.59. The zero-order chi connectivity index (χ0) is 10.6. The van der Waals surface area contributed by atoms with Gasteiger partial charge in [-0.2, -0.15) is 0 Å². The standard InChI is InChI=1S/C10H11FN2O/c1-2-3-10(14)13-9-6-7(11)4-5-8(9)12/h2-6H,12H2,1H3,(H,13,14)/b3-2+. The Kier molecular flexibility index (Phi) is 3.23. The fourth-order valence-corrected chi connectivity index (χ4v) is 0.963. The lowest BCUT2D eigenvalue weighted by molar-refractivity contribution is -0.111. The lowest BCUT2D eigenvalue weighted by atomic mass is 10.2. The van der Waals surface area contributed by atoms with Crippen molar-refractivity contribution in [2.75, 3.05) is 11.1 Å². The highest BCUT2D eigenvalue weighted by Gasteiger charge is 2.02. The molecule has 1 amide bonds. The van der Waals surface area contributed by atoms with Crippen molar-refractivity contribution in [1.29, 1.82) is 0 Å².